The molecule has 2 rings (SSSR count). The van der Waals surface area contributed by atoms with Gasteiger partial charge in [0.05, 0.1) is 6.04 Å². The van der Waals surface area contributed by atoms with E-state index in [0.29, 0.717) is 12.1 Å². The standard InChI is InChI=1S/C15H17BrN2OS/c1-18(2)14(12-7-8-20-10-12)9-17-15(19)11-3-5-13(16)6-4-11/h3-8,10,14H,9H2,1-2H3,(H,17,19). The van der Waals surface area contributed by atoms with Crippen LogP contribution in [0.2, 0.25) is 0 Å². The quantitative estimate of drug-likeness (QED) is 0.892. The van der Waals surface area contributed by atoms with Crippen molar-refractivity contribution in [2.24, 2.45) is 0 Å². The summed E-state index contributed by atoms with van der Waals surface area (Å²) in [6.07, 6.45) is 0. The van der Waals surface area contributed by atoms with Gasteiger partial charge in [-0.15, -0.1) is 0 Å². The van der Waals surface area contributed by atoms with Gasteiger partial charge in [0.2, 0.25) is 0 Å². The minimum absolute atomic E-state index is 0.0421. The van der Waals surface area contributed by atoms with Crippen molar-refractivity contribution in [2.75, 3.05) is 20.6 Å². The molecule has 106 valence electrons. The van der Waals surface area contributed by atoms with Crippen LogP contribution in [0.5, 0.6) is 0 Å². The third kappa shape index (κ3) is 3.91. The van der Waals surface area contributed by atoms with Crippen LogP contribution in [-0.2, 0) is 0 Å². The third-order valence-electron chi connectivity index (χ3n) is 3.11. The number of hydrogen-bond donors (Lipinski definition) is 1. The Balaban J connectivity index is 1.99. The molecule has 0 fully saturated rings. The van der Waals surface area contributed by atoms with Gasteiger partial charge in [0, 0.05) is 16.6 Å². The van der Waals surface area contributed by atoms with Crippen molar-refractivity contribution in [1.82, 2.24) is 10.2 Å². The second-order valence-electron chi connectivity index (χ2n) is 4.75. The molecule has 1 unspecified atom stereocenters. The molecule has 1 atom stereocenters. The van der Waals surface area contributed by atoms with E-state index >= 15 is 0 Å². The van der Waals surface area contributed by atoms with Gasteiger partial charge in [0.1, 0.15) is 0 Å². The molecule has 2 aromatic rings. The molecule has 1 amide bonds. The van der Waals surface area contributed by atoms with E-state index in [4.69, 9.17) is 0 Å². The zero-order valence-corrected chi connectivity index (χ0v) is 13.9. The highest BCUT2D eigenvalue weighted by Gasteiger charge is 2.16. The van der Waals surface area contributed by atoms with Crippen molar-refractivity contribution in [1.29, 1.82) is 0 Å². The van der Waals surface area contributed by atoms with Crippen molar-refractivity contribution in [3.8, 4) is 0 Å². The number of carbonyl (C=O) groups excluding carboxylic acids is 1. The number of nitrogens with one attached hydrogen (secondary N) is 1. The first-order valence-electron chi connectivity index (χ1n) is 6.30. The molecular formula is C15H17BrN2OS. The van der Waals surface area contributed by atoms with Crippen LogP contribution in [0.15, 0.2) is 45.6 Å². The summed E-state index contributed by atoms with van der Waals surface area (Å²) in [5.74, 6) is -0.0421. The first-order chi connectivity index (χ1) is 9.58. The molecule has 0 aliphatic heterocycles. The first kappa shape index (κ1) is 15.2. The fraction of sp³-hybridized carbons (Fsp3) is 0.267. The summed E-state index contributed by atoms with van der Waals surface area (Å²) in [4.78, 5) is 14.2. The van der Waals surface area contributed by atoms with Gasteiger partial charge in [-0.2, -0.15) is 11.3 Å². The van der Waals surface area contributed by atoms with E-state index in [1.54, 1.807) is 11.3 Å². The van der Waals surface area contributed by atoms with Gasteiger partial charge in [-0.3, -0.25) is 4.79 Å². The van der Waals surface area contributed by atoms with Gasteiger partial charge in [0.15, 0.2) is 0 Å². The normalized spacial score (nSPS) is 12.4. The Kier molecular flexibility index (Phi) is 5.34. The number of halogens is 1. The monoisotopic (exact) mass is 352 g/mol. The predicted molar refractivity (Wildman–Crippen MR) is 87.2 cm³/mol. The van der Waals surface area contributed by atoms with Crippen molar-refractivity contribution in [3.63, 3.8) is 0 Å². The maximum absolute atomic E-state index is 12.1. The van der Waals surface area contributed by atoms with Crippen LogP contribution >= 0.6 is 27.3 Å². The molecule has 0 bridgehead atoms. The van der Waals surface area contributed by atoms with E-state index in [1.807, 2.05) is 38.4 Å². The summed E-state index contributed by atoms with van der Waals surface area (Å²) >= 11 is 5.04. The SMILES string of the molecule is CN(C)C(CNC(=O)c1ccc(Br)cc1)c1ccsc1. The topological polar surface area (TPSA) is 32.3 Å². The summed E-state index contributed by atoms with van der Waals surface area (Å²) < 4.78 is 0.971. The van der Waals surface area contributed by atoms with Crippen LogP contribution in [0, 0.1) is 0 Å². The van der Waals surface area contributed by atoms with Crippen LogP contribution in [0.1, 0.15) is 22.0 Å². The van der Waals surface area contributed by atoms with Crippen LogP contribution in [-0.4, -0.2) is 31.4 Å². The molecular weight excluding hydrogens is 336 g/mol. The van der Waals surface area contributed by atoms with Gasteiger partial charge in [-0.05, 0) is 60.8 Å². The molecule has 0 aliphatic carbocycles. The van der Waals surface area contributed by atoms with E-state index in [-0.39, 0.29) is 11.9 Å². The van der Waals surface area contributed by atoms with Crippen molar-refractivity contribution < 1.29 is 4.79 Å². The smallest absolute Gasteiger partial charge is 0.251 e. The van der Waals surface area contributed by atoms with Crippen LogP contribution < -0.4 is 5.32 Å². The van der Waals surface area contributed by atoms with Crippen LogP contribution in [0.25, 0.3) is 0 Å². The van der Waals surface area contributed by atoms with Crippen molar-refractivity contribution in [2.45, 2.75) is 6.04 Å². The second-order valence-corrected chi connectivity index (χ2v) is 6.45. The number of carbonyl (C=O) groups is 1. The Morgan fingerprint density at radius 2 is 2.00 bits per heavy atom. The molecule has 5 heteroatoms. The molecule has 0 aliphatic rings. The Morgan fingerprint density at radius 1 is 1.30 bits per heavy atom. The molecule has 1 heterocycles. The molecule has 3 nitrogen and oxygen atoms in total. The van der Waals surface area contributed by atoms with Crippen LogP contribution in [0.3, 0.4) is 0 Å². The van der Waals surface area contributed by atoms with Crippen molar-refractivity contribution in [3.05, 3.63) is 56.7 Å². The number of likely N-dealkylation sites (N-methyl/N-ethyl adjacent to an activating group) is 1. The minimum atomic E-state index is -0.0421. The average molecular weight is 353 g/mol. The van der Waals surface area contributed by atoms with Gasteiger partial charge in [0.25, 0.3) is 5.91 Å². The molecule has 0 spiro atoms. The largest absolute Gasteiger partial charge is 0.350 e. The zero-order valence-electron chi connectivity index (χ0n) is 11.5. The highest BCUT2D eigenvalue weighted by molar-refractivity contribution is 9.10. The number of nitrogens with zero attached hydrogens (tertiary/aromatic N) is 1. The maximum atomic E-state index is 12.1. The van der Waals surface area contributed by atoms with E-state index in [1.165, 1.54) is 5.56 Å². The highest BCUT2D eigenvalue weighted by Crippen LogP contribution is 2.20. The van der Waals surface area contributed by atoms with Gasteiger partial charge >= 0.3 is 0 Å². The summed E-state index contributed by atoms with van der Waals surface area (Å²) in [6, 6.07) is 9.67. The van der Waals surface area contributed by atoms with E-state index < -0.39 is 0 Å². The van der Waals surface area contributed by atoms with E-state index in [2.05, 4.69) is 43.0 Å². The summed E-state index contributed by atoms with van der Waals surface area (Å²) in [7, 11) is 4.04. The summed E-state index contributed by atoms with van der Waals surface area (Å²) in [6.45, 7) is 0.596. The highest BCUT2D eigenvalue weighted by atomic mass is 79.9. The molecule has 20 heavy (non-hydrogen) atoms. The maximum Gasteiger partial charge on any atom is 0.251 e. The Labute approximate surface area is 131 Å². The molecule has 1 aromatic carbocycles. The van der Waals surface area contributed by atoms with Gasteiger partial charge in [-0.1, -0.05) is 15.9 Å². The second kappa shape index (κ2) is 7.02. The summed E-state index contributed by atoms with van der Waals surface area (Å²) in [5.41, 5.74) is 1.91. The molecule has 0 saturated heterocycles. The summed E-state index contributed by atoms with van der Waals surface area (Å²) in [5, 5.41) is 7.18. The average Bonchev–Trinajstić information content (AvgIpc) is 2.93. The fourth-order valence-corrected chi connectivity index (χ4v) is 2.93. The lowest BCUT2D eigenvalue weighted by Gasteiger charge is -2.24. The minimum Gasteiger partial charge on any atom is -0.350 e. The zero-order chi connectivity index (χ0) is 14.5. The Bertz CT molecular complexity index is 552. The van der Waals surface area contributed by atoms with Crippen molar-refractivity contribution >= 4 is 33.2 Å². The fourth-order valence-electron chi connectivity index (χ4n) is 1.96. The molecule has 1 aromatic heterocycles. The van der Waals surface area contributed by atoms with E-state index in [9.17, 15) is 4.79 Å². The number of amides is 1. The Hall–Kier alpha value is -1.17. The molecule has 0 saturated carbocycles. The predicted octanol–water partition coefficient (Wildman–Crippen LogP) is 3.54. The van der Waals surface area contributed by atoms with Gasteiger partial charge in [-0.25, -0.2) is 0 Å². The number of thiophene rings is 1. The molecule has 1 N–H and O–H groups in total. The number of benzene rings is 1. The molecule has 0 radical (unpaired) electrons. The lowest BCUT2D eigenvalue weighted by molar-refractivity contribution is 0.0942. The van der Waals surface area contributed by atoms with Gasteiger partial charge < -0.3 is 10.2 Å². The first-order valence-corrected chi connectivity index (χ1v) is 8.04. The number of hydrogen-bond acceptors (Lipinski definition) is 3. The lowest BCUT2D eigenvalue weighted by atomic mass is 10.1. The van der Waals surface area contributed by atoms with E-state index in [0.717, 1.165) is 4.47 Å². The Morgan fingerprint density at radius 3 is 2.55 bits per heavy atom. The van der Waals surface area contributed by atoms with Crippen LogP contribution in [0.4, 0.5) is 0 Å². The third-order valence-corrected chi connectivity index (χ3v) is 4.34. The lowest BCUT2D eigenvalue weighted by Crippen LogP contribution is -2.34. The number of rotatable bonds is 5.